The second-order valence-electron chi connectivity index (χ2n) is 11.3. The third-order valence-corrected chi connectivity index (χ3v) is 12.7. The van der Waals surface area contributed by atoms with E-state index < -0.39 is 43.0 Å². The average molecular weight is 1480 g/mol. The molecule has 0 aliphatic rings. The number of anilines is 2. The molecule has 0 aliphatic carbocycles. The van der Waals surface area contributed by atoms with Crippen molar-refractivity contribution in [1.82, 2.24) is 5.32 Å². The Morgan fingerprint density at radius 1 is 0.579 bits per heavy atom. The molecule has 0 aliphatic heterocycles. The summed E-state index contributed by atoms with van der Waals surface area (Å²) in [6.07, 6.45) is -5.42. The summed E-state index contributed by atoms with van der Waals surface area (Å²) in [6, 6.07) is 3.42. The van der Waals surface area contributed by atoms with Gasteiger partial charge in [0.25, 0.3) is 0 Å². The van der Waals surface area contributed by atoms with Gasteiger partial charge in [0.2, 0.25) is 11.8 Å². The molecular weight excluding hydrogens is 1440 g/mol. The summed E-state index contributed by atoms with van der Waals surface area (Å²) in [7, 11) is 1.57. The van der Waals surface area contributed by atoms with Crippen LogP contribution in [0.2, 0.25) is 0 Å². The Kier molecular flexibility index (Phi) is 29.5. The van der Waals surface area contributed by atoms with Crippen LogP contribution in [0.15, 0.2) is 12.1 Å². The lowest BCUT2D eigenvalue weighted by molar-refractivity contribution is -0.118. The number of ether oxygens (including phenoxy) is 4. The molecule has 0 saturated heterocycles. The van der Waals surface area contributed by atoms with Gasteiger partial charge in [0, 0.05) is 20.8 Å². The molecule has 2 rings (SSSR count). The van der Waals surface area contributed by atoms with Crippen LogP contribution >= 0.6 is 136 Å². The van der Waals surface area contributed by atoms with Gasteiger partial charge in [-0.05, 0) is 155 Å². The summed E-state index contributed by atoms with van der Waals surface area (Å²) in [5.74, 6) is -2.65. The zero-order valence-corrected chi connectivity index (χ0v) is 43.1. The molecule has 322 valence electrons. The number of amides is 2. The molecule has 0 bridgehead atoms. The second kappa shape index (κ2) is 30.4. The number of carboxylic acid groups (broad SMARTS) is 2. The molecule has 0 heterocycles. The van der Waals surface area contributed by atoms with Crippen molar-refractivity contribution in [2.75, 3.05) is 83.7 Å². The summed E-state index contributed by atoms with van der Waals surface area (Å²) in [4.78, 5) is 47.7. The maximum atomic E-state index is 12.3. The molecule has 24 heteroatoms. The van der Waals surface area contributed by atoms with Crippen LogP contribution in [-0.4, -0.2) is 157 Å². The summed E-state index contributed by atoms with van der Waals surface area (Å²) in [6.45, 7) is 1.79. The van der Waals surface area contributed by atoms with Crippen LogP contribution in [0.3, 0.4) is 0 Å². The summed E-state index contributed by atoms with van der Waals surface area (Å²) < 4.78 is 25.4. The van der Waals surface area contributed by atoms with Crippen LogP contribution in [-0.2, 0) is 28.5 Å². The first-order valence-corrected chi connectivity index (χ1v) is 23.1. The number of aromatic carboxylic acids is 2. The van der Waals surface area contributed by atoms with Gasteiger partial charge in [0.1, 0.15) is 18.3 Å². The highest BCUT2D eigenvalue weighted by atomic mass is 127. The standard InChI is InChI=1S/C26H26I6N2O10.C7H17NO5/c27-13-11-15(29)23(21(31)19(13)25(37)38)33-17(35)1-3-41-5-7-43-9-10-44-8-6-42-4-2-18(36)34-24-16(30)12-14(28)20(22(24)32)26(39)40;1-8-2-4(10)6(12)7(13)5(11)3-9/h11-12H,1-10H2,(H,33,35)(H,34,36)(H,37,38)(H,39,40);4-13H,2-3H2,1H3/t;4-,5+,6+,7+/m.0/s1. The van der Waals surface area contributed by atoms with E-state index in [9.17, 15) is 34.5 Å². The number of nitrogens with one attached hydrogen (secondary N) is 3. The number of hydrogen-bond acceptors (Lipinski definition) is 14. The molecule has 2 amide bonds. The molecule has 0 fully saturated rings. The fourth-order valence-corrected chi connectivity index (χ4v) is 12.4. The van der Waals surface area contributed by atoms with Crippen LogP contribution in [0.25, 0.3) is 0 Å². The normalized spacial score (nSPS) is 13.2. The molecule has 57 heavy (non-hydrogen) atoms. The third-order valence-electron chi connectivity index (χ3n) is 7.10. The van der Waals surface area contributed by atoms with E-state index in [-0.39, 0.29) is 55.5 Å². The lowest BCUT2D eigenvalue weighted by Crippen LogP contribution is -2.48. The van der Waals surface area contributed by atoms with E-state index in [1.54, 1.807) is 19.2 Å². The van der Waals surface area contributed by atoms with Gasteiger partial charge >= 0.3 is 11.9 Å². The topological polar surface area (TPSA) is 283 Å². The fraction of sp³-hybridized carbons (Fsp3) is 0.515. The number of aliphatic hydroxyl groups excluding tert-OH is 5. The van der Waals surface area contributed by atoms with Gasteiger partial charge in [-0.25, -0.2) is 9.59 Å². The zero-order chi connectivity index (χ0) is 43.2. The minimum Gasteiger partial charge on any atom is -0.478 e. The van der Waals surface area contributed by atoms with Gasteiger partial charge < -0.3 is 70.6 Å². The van der Waals surface area contributed by atoms with Crippen molar-refractivity contribution in [2.45, 2.75) is 37.3 Å². The monoisotopic (exact) mass is 1480 g/mol. The van der Waals surface area contributed by atoms with Gasteiger partial charge in [0.05, 0.1) is 108 Å². The van der Waals surface area contributed by atoms with Gasteiger partial charge in [-0.2, -0.15) is 0 Å². The van der Waals surface area contributed by atoms with E-state index in [1.807, 2.05) is 90.4 Å². The number of carboxylic acids is 2. The lowest BCUT2D eigenvalue weighted by Gasteiger charge is -2.25. The molecule has 0 unspecified atom stereocenters. The third kappa shape index (κ3) is 20.4. The van der Waals surface area contributed by atoms with Crippen LogP contribution in [0.5, 0.6) is 0 Å². The maximum Gasteiger partial charge on any atom is 0.337 e. The van der Waals surface area contributed by atoms with Crippen molar-refractivity contribution in [3.63, 3.8) is 0 Å². The Hall–Kier alpha value is 0.300. The number of halogens is 6. The van der Waals surface area contributed by atoms with Gasteiger partial charge in [-0.1, -0.05) is 0 Å². The van der Waals surface area contributed by atoms with Crippen LogP contribution in [0.4, 0.5) is 11.4 Å². The number of rotatable bonds is 25. The number of likely N-dealkylation sites (N-methyl/N-ethyl adjacent to an activating group) is 1. The second-order valence-corrected chi connectivity index (χ2v) is 18.1. The predicted octanol–water partition coefficient (Wildman–Crippen LogP) is 2.78. The summed E-state index contributed by atoms with van der Waals surface area (Å²) >= 11 is 11.9. The molecule has 0 spiro atoms. The Bertz CT molecular complexity index is 1530. The fourth-order valence-electron chi connectivity index (χ4n) is 4.19. The average Bonchev–Trinajstić information content (AvgIpc) is 3.14. The molecule has 2 aromatic rings. The quantitative estimate of drug-likeness (QED) is 0.0506. The Morgan fingerprint density at radius 3 is 1.23 bits per heavy atom. The molecule has 0 radical (unpaired) electrons. The predicted molar refractivity (Wildman–Crippen MR) is 258 cm³/mol. The minimum atomic E-state index is -1.55. The molecule has 0 saturated carbocycles. The zero-order valence-electron chi connectivity index (χ0n) is 30.1. The smallest absolute Gasteiger partial charge is 0.337 e. The highest BCUT2D eigenvalue weighted by molar-refractivity contribution is 14.1. The molecule has 10 N–H and O–H groups in total. The first-order chi connectivity index (χ1) is 26.9. The van der Waals surface area contributed by atoms with Gasteiger partial charge in [-0.3, -0.25) is 9.59 Å². The minimum absolute atomic E-state index is 0.0936. The Morgan fingerprint density at radius 2 is 0.912 bits per heavy atom. The number of carbonyl (C=O) groups is 4. The largest absolute Gasteiger partial charge is 0.478 e. The maximum absolute atomic E-state index is 12.3. The lowest BCUT2D eigenvalue weighted by atomic mass is 10.0. The van der Waals surface area contributed by atoms with Gasteiger partial charge in [-0.15, -0.1) is 0 Å². The molecule has 2 aromatic carbocycles. The van der Waals surface area contributed by atoms with E-state index in [1.165, 1.54) is 0 Å². The van der Waals surface area contributed by atoms with Crippen molar-refractivity contribution >= 4 is 171 Å². The molecular formula is C33H43I6N3O15. The van der Waals surface area contributed by atoms with Crippen molar-refractivity contribution in [2.24, 2.45) is 0 Å². The summed E-state index contributed by atoms with van der Waals surface area (Å²) in [5, 5.41) is 71.9. The van der Waals surface area contributed by atoms with E-state index >= 15 is 0 Å². The number of hydrogen-bond donors (Lipinski definition) is 10. The SMILES string of the molecule is CNC[C@H](O)[C@@H](O)[C@H](O)[C@H](O)CO.O=C(CCOCCOCCOCCOCCC(=O)Nc1c(I)cc(I)c(C(=O)O)c1I)Nc1c(I)cc(I)c(C(=O)O)c1I. The van der Waals surface area contributed by atoms with Crippen LogP contribution in [0.1, 0.15) is 33.6 Å². The number of aliphatic hydroxyl groups is 5. The summed E-state index contributed by atoms with van der Waals surface area (Å²) in [5.41, 5.74) is 1.28. The number of carbonyl (C=O) groups excluding carboxylic acids is 2. The Labute approximate surface area is 410 Å². The van der Waals surface area contributed by atoms with E-state index in [0.29, 0.717) is 65.3 Å². The molecule has 18 nitrogen and oxygen atoms in total. The van der Waals surface area contributed by atoms with Crippen molar-refractivity contribution in [3.8, 4) is 0 Å². The van der Waals surface area contributed by atoms with Crippen LogP contribution < -0.4 is 16.0 Å². The highest BCUT2D eigenvalue weighted by Crippen LogP contribution is 2.33. The van der Waals surface area contributed by atoms with Crippen molar-refractivity contribution in [1.29, 1.82) is 0 Å². The highest BCUT2D eigenvalue weighted by Gasteiger charge is 2.29. The number of benzene rings is 2. The van der Waals surface area contributed by atoms with E-state index in [2.05, 4.69) is 61.1 Å². The van der Waals surface area contributed by atoms with E-state index in [4.69, 9.17) is 39.4 Å². The van der Waals surface area contributed by atoms with Crippen molar-refractivity contribution in [3.05, 3.63) is 44.7 Å². The molecule has 4 atom stereocenters. The first-order valence-electron chi connectivity index (χ1n) is 16.6. The van der Waals surface area contributed by atoms with E-state index in [0.717, 1.165) is 7.14 Å². The van der Waals surface area contributed by atoms with Crippen molar-refractivity contribution < 1.29 is 73.9 Å². The Balaban J connectivity index is 0.00000106. The van der Waals surface area contributed by atoms with Crippen LogP contribution in [0, 0.1) is 21.4 Å². The first kappa shape index (κ1) is 55.3. The van der Waals surface area contributed by atoms with Gasteiger partial charge in [0.15, 0.2) is 0 Å². The molecule has 0 aromatic heterocycles.